The van der Waals surface area contributed by atoms with Gasteiger partial charge in [0.05, 0.1) is 5.39 Å². The summed E-state index contributed by atoms with van der Waals surface area (Å²) in [6.07, 6.45) is 2.38. The number of nitrogens with zero attached hydrogens (tertiary/aromatic N) is 3. The minimum atomic E-state index is -2.64. The second kappa shape index (κ2) is 3.43. The van der Waals surface area contributed by atoms with E-state index < -0.39 is 6.55 Å². The Morgan fingerprint density at radius 3 is 2.79 bits per heavy atom. The molecule has 0 atom stereocenters. The number of hydrogen-bond donors (Lipinski definition) is 0. The van der Waals surface area contributed by atoms with Crippen molar-refractivity contribution in [2.45, 2.75) is 6.55 Å². The van der Waals surface area contributed by atoms with Gasteiger partial charge in [0.1, 0.15) is 17.1 Å². The Bertz CT molecular complexity index is 485. The molecular weight excluding hydrogens is 279 g/mol. The molecule has 0 bridgehead atoms. The minimum Gasteiger partial charge on any atom is -0.274 e. The quantitative estimate of drug-likeness (QED) is 0.752. The Morgan fingerprint density at radius 1 is 1.43 bits per heavy atom. The van der Waals surface area contributed by atoms with Crippen LogP contribution in [0.2, 0.25) is 5.15 Å². The molecule has 0 spiro atoms. The highest BCUT2D eigenvalue weighted by Gasteiger charge is 2.16. The van der Waals surface area contributed by atoms with Gasteiger partial charge < -0.3 is 0 Å². The maximum Gasteiger partial charge on any atom is 0.320 e. The number of aromatic nitrogens is 3. The van der Waals surface area contributed by atoms with Crippen LogP contribution >= 0.6 is 27.5 Å². The lowest BCUT2D eigenvalue weighted by Gasteiger charge is -2.00. The second-order valence-corrected chi connectivity index (χ2v) is 3.74. The molecule has 0 saturated carbocycles. The Balaban J connectivity index is 2.84. The first-order valence-corrected chi connectivity index (χ1v) is 4.73. The van der Waals surface area contributed by atoms with Crippen molar-refractivity contribution < 1.29 is 8.78 Å². The predicted octanol–water partition coefficient (Wildman–Crippen LogP) is 3.24. The van der Waals surface area contributed by atoms with Crippen molar-refractivity contribution in [1.29, 1.82) is 0 Å². The molecule has 0 radical (unpaired) electrons. The van der Waals surface area contributed by atoms with Crippen LogP contribution in [0.25, 0.3) is 11.0 Å². The molecule has 0 aromatic carbocycles. The molecule has 0 unspecified atom stereocenters. The van der Waals surface area contributed by atoms with Gasteiger partial charge in [-0.2, -0.15) is 8.78 Å². The molecule has 2 rings (SSSR count). The average Bonchev–Trinajstić information content (AvgIpc) is 2.45. The molecular formula is C7H3BrClF2N3. The van der Waals surface area contributed by atoms with E-state index in [1.54, 1.807) is 0 Å². The van der Waals surface area contributed by atoms with Crippen molar-refractivity contribution in [3.05, 3.63) is 22.1 Å². The highest BCUT2D eigenvalue weighted by atomic mass is 79.9. The molecule has 0 fully saturated rings. The summed E-state index contributed by atoms with van der Waals surface area (Å²) in [6, 6.07) is 0. The van der Waals surface area contributed by atoms with Gasteiger partial charge in [-0.05, 0) is 15.9 Å². The minimum absolute atomic E-state index is 0.117. The van der Waals surface area contributed by atoms with E-state index in [2.05, 4.69) is 25.9 Å². The zero-order valence-electron chi connectivity index (χ0n) is 6.59. The molecule has 0 amide bonds. The molecule has 0 aliphatic carbocycles. The van der Waals surface area contributed by atoms with Crippen LogP contribution in [0.1, 0.15) is 6.55 Å². The second-order valence-electron chi connectivity index (χ2n) is 2.53. The maximum absolute atomic E-state index is 12.5. The van der Waals surface area contributed by atoms with Crippen molar-refractivity contribution in [2.24, 2.45) is 0 Å². The predicted molar refractivity (Wildman–Crippen MR) is 51.5 cm³/mol. The molecule has 0 aliphatic heterocycles. The van der Waals surface area contributed by atoms with Crippen molar-refractivity contribution in [3.63, 3.8) is 0 Å². The summed E-state index contributed by atoms with van der Waals surface area (Å²) in [5.74, 6) is 0. The molecule has 14 heavy (non-hydrogen) atoms. The Kier molecular flexibility index (Phi) is 2.40. The normalized spacial score (nSPS) is 11.5. The van der Waals surface area contributed by atoms with Gasteiger partial charge in [0, 0.05) is 10.7 Å². The van der Waals surface area contributed by atoms with E-state index >= 15 is 0 Å². The molecule has 7 heteroatoms. The van der Waals surface area contributed by atoms with Crippen LogP contribution in [0.15, 0.2) is 17.0 Å². The number of fused-ring (bicyclic) bond motifs is 1. The fraction of sp³-hybridized carbons (Fsp3) is 0.143. The molecule has 3 nitrogen and oxygen atoms in total. The average molecular weight is 282 g/mol. The standard InChI is InChI=1S/C7H3BrClF2N3/c8-3-1-14(7(10)11)6-4(3)5(9)12-2-13-6/h1-2,7H. The van der Waals surface area contributed by atoms with Gasteiger partial charge in [0.15, 0.2) is 0 Å². The molecule has 0 aliphatic rings. The third-order valence-corrected chi connectivity index (χ3v) is 2.61. The molecule has 74 valence electrons. The Morgan fingerprint density at radius 2 is 2.14 bits per heavy atom. The number of alkyl halides is 2. The lowest BCUT2D eigenvalue weighted by molar-refractivity contribution is 0.0745. The van der Waals surface area contributed by atoms with E-state index in [-0.39, 0.29) is 10.8 Å². The highest BCUT2D eigenvalue weighted by Crippen LogP contribution is 2.31. The number of hydrogen-bond acceptors (Lipinski definition) is 2. The van der Waals surface area contributed by atoms with Crippen LogP contribution < -0.4 is 0 Å². The molecule has 2 aromatic heterocycles. The van der Waals surface area contributed by atoms with E-state index in [1.165, 1.54) is 6.20 Å². The topological polar surface area (TPSA) is 30.7 Å². The molecule has 2 aromatic rings. The highest BCUT2D eigenvalue weighted by molar-refractivity contribution is 9.10. The SMILES string of the molecule is FC(F)n1cc(Br)c2c(Cl)ncnc21. The summed E-state index contributed by atoms with van der Waals surface area (Å²) in [4.78, 5) is 7.45. The van der Waals surface area contributed by atoms with Gasteiger partial charge in [0.2, 0.25) is 0 Å². The zero-order chi connectivity index (χ0) is 10.3. The lowest BCUT2D eigenvalue weighted by Crippen LogP contribution is -1.97. The summed E-state index contributed by atoms with van der Waals surface area (Å²) in [5.41, 5.74) is 0.117. The van der Waals surface area contributed by atoms with E-state index in [4.69, 9.17) is 11.6 Å². The zero-order valence-corrected chi connectivity index (χ0v) is 8.93. The lowest BCUT2D eigenvalue weighted by atomic mass is 10.4. The van der Waals surface area contributed by atoms with Gasteiger partial charge in [-0.25, -0.2) is 9.97 Å². The van der Waals surface area contributed by atoms with Crippen molar-refractivity contribution >= 4 is 38.6 Å². The van der Waals surface area contributed by atoms with Gasteiger partial charge in [0.25, 0.3) is 0 Å². The van der Waals surface area contributed by atoms with Crippen LogP contribution in [0, 0.1) is 0 Å². The first kappa shape index (κ1) is 9.79. The third kappa shape index (κ3) is 1.38. The van der Waals surface area contributed by atoms with Gasteiger partial charge >= 0.3 is 6.55 Å². The van der Waals surface area contributed by atoms with E-state index in [0.717, 1.165) is 10.9 Å². The van der Waals surface area contributed by atoms with E-state index in [1.807, 2.05) is 0 Å². The summed E-state index contributed by atoms with van der Waals surface area (Å²) in [5, 5.41) is 0.552. The van der Waals surface area contributed by atoms with E-state index in [9.17, 15) is 8.78 Å². The van der Waals surface area contributed by atoms with E-state index in [0.29, 0.717) is 9.86 Å². The molecule has 0 N–H and O–H groups in total. The van der Waals surface area contributed by atoms with Crippen molar-refractivity contribution in [3.8, 4) is 0 Å². The van der Waals surface area contributed by atoms with Gasteiger partial charge in [-0.15, -0.1) is 0 Å². The van der Waals surface area contributed by atoms with Crippen molar-refractivity contribution in [1.82, 2.24) is 14.5 Å². The number of rotatable bonds is 1. The Hall–Kier alpha value is -0.750. The Labute approximate surface area is 90.8 Å². The third-order valence-electron chi connectivity index (χ3n) is 1.73. The van der Waals surface area contributed by atoms with Crippen LogP contribution in [-0.4, -0.2) is 14.5 Å². The fourth-order valence-electron chi connectivity index (χ4n) is 1.15. The smallest absolute Gasteiger partial charge is 0.274 e. The summed E-state index contributed by atoms with van der Waals surface area (Å²) in [7, 11) is 0. The van der Waals surface area contributed by atoms with Gasteiger partial charge in [-0.1, -0.05) is 11.6 Å². The largest absolute Gasteiger partial charge is 0.320 e. The summed E-state index contributed by atoms with van der Waals surface area (Å²) >= 11 is 8.86. The van der Waals surface area contributed by atoms with Crippen LogP contribution in [-0.2, 0) is 0 Å². The molecule has 0 saturated heterocycles. The van der Waals surface area contributed by atoms with Crippen LogP contribution in [0.4, 0.5) is 8.78 Å². The van der Waals surface area contributed by atoms with Crippen molar-refractivity contribution in [2.75, 3.05) is 0 Å². The summed E-state index contributed by atoms with van der Waals surface area (Å²) < 4.78 is 26.1. The summed E-state index contributed by atoms with van der Waals surface area (Å²) in [6.45, 7) is -2.64. The number of halogens is 4. The first-order valence-electron chi connectivity index (χ1n) is 3.56. The molecule has 2 heterocycles. The maximum atomic E-state index is 12.5. The fourth-order valence-corrected chi connectivity index (χ4v) is 2.08. The van der Waals surface area contributed by atoms with Crippen LogP contribution in [0.5, 0.6) is 0 Å². The van der Waals surface area contributed by atoms with Crippen LogP contribution in [0.3, 0.4) is 0 Å². The monoisotopic (exact) mass is 281 g/mol. The first-order chi connectivity index (χ1) is 6.61. The van der Waals surface area contributed by atoms with Gasteiger partial charge in [-0.3, -0.25) is 4.57 Å².